The fraction of sp³-hybridized carbons (Fsp3) is 0.818. The molecule has 5 heteroatoms. The molecule has 1 heterocycles. The third kappa shape index (κ3) is 4.84. The summed E-state index contributed by atoms with van der Waals surface area (Å²) in [6.07, 6.45) is 6.23. The molecule has 0 amide bonds. The Morgan fingerprint density at radius 1 is 1.31 bits per heavy atom. The zero-order valence-electron chi connectivity index (χ0n) is 10.0. The number of aromatic nitrogens is 2. The number of hydrogen-bond acceptors (Lipinski definition) is 4. The summed E-state index contributed by atoms with van der Waals surface area (Å²) in [4.78, 5) is 0. The molecule has 4 nitrogen and oxygen atoms in total. The van der Waals surface area contributed by atoms with Gasteiger partial charge >= 0.3 is 6.01 Å². The minimum absolute atomic E-state index is 0.263. The number of unbranched alkanes of at least 4 members (excludes halogenated alkanes) is 3. The van der Waals surface area contributed by atoms with E-state index in [1.165, 1.54) is 25.7 Å². The lowest BCUT2D eigenvalue weighted by Crippen LogP contribution is -2.15. The molecular formula is C11H20ClN3O. The predicted molar refractivity (Wildman–Crippen MR) is 65.7 cm³/mol. The van der Waals surface area contributed by atoms with Crippen molar-refractivity contribution in [3.63, 3.8) is 0 Å². The molecule has 0 saturated carbocycles. The molecule has 0 radical (unpaired) electrons. The van der Waals surface area contributed by atoms with E-state index in [9.17, 15) is 0 Å². The SMILES string of the molecule is CCCCCCC(C)Nc1nnc(CCl)o1. The average molecular weight is 246 g/mol. The van der Waals surface area contributed by atoms with Gasteiger partial charge in [-0.25, -0.2) is 0 Å². The quantitative estimate of drug-likeness (QED) is 0.562. The number of anilines is 1. The van der Waals surface area contributed by atoms with Gasteiger partial charge in [-0.1, -0.05) is 37.7 Å². The van der Waals surface area contributed by atoms with E-state index in [0.29, 0.717) is 17.9 Å². The number of alkyl halides is 1. The Bertz CT molecular complexity index is 291. The highest BCUT2D eigenvalue weighted by molar-refractivity contribution is 6.16. The summed E-state index contributed by atoms with van der Waals surface area (Å²) in [5.74, 6) is 0.724. The summed E-state index contributed by atoms with van der Waals surface area (Å²) < 4.78 is 5.27. The molecule has 0 bridgehead atoms. The first-order chi connectivity index (χ1) is 7.76. The maximum Gasteiger partial charge on any atom is 0.315 e. The van der Waals surface area contributed by atoms with Gasteiger partial charge in [-0.3, -0.25) is 0 Å². The zero-order valence-corrected chi connectivity index (χ0v) is 10.8. The molecule has 1 rings (SSSR count). The van der Waals surface area contributed by atoms with Gasteiger partial charge in [0.25, 0.3) is 0 Å². The maximum atomic E-state index is 5.57. The van der Waals surface area contributed by atoms with Crippen LogP contribution in [0.3, 0.4) is 0 Å². The van der Waals surface area contributed by atoms with Gasteiger partial charge < -0.3 is 9.73 Å². The van der Waals surface area contributed by atoms with Crippen molar-refractivity contribution >= 4 is 17.6 Å². The van der Waals surface area contributed by atoms with Crippen LogP contribution in [0.2, 0.25) is 0 Å². The van der Waals surface area contributed by atoms with Crippen LogP contribution in [-0.4, -0.2) is 16.2 Å². The Morgan fingerprint density at radius 2 is 2.12 bits per heavy atom. The molecule has 0 aliphatic rings. The Labute approximate surface area is 102 Å². The lowest BCUT2D eigenvalue weighted by Gasteiger charge is -2.10. The third-order valence-electron chi connectivity index (χ3n) is 2.44. The molecule has 0 fully saturated rings. The minimum Gasteiger partial charge on any atom is -0.407 e. The highest BCUT2D eigenvalue weighted by Gasteiger charge is 2.07. The fourth-order valence-corrected chi connectivity index (χ4v) is 1.63. The van der Waals surface area contributed by atoms with Crippen molar-refractivity contribution in [3.8, 4) is 0 Å². The van der Waals surface area contributed by atoms with Gasteiger partial charge in [-0.15, -0.1) is 16.7 Å². The molecule has 16 heavy (non-hydrogen) atoms. The molecule has 92 valence electrons. The topological polar surface area (TPSA) is 51.0 Å². The molecule has 1 atom stereocenters. The highest BCUT2D eigenvalue weighted by Crippen LogP contribution is 2.12. The molecular weight excluding hydrogens is 226 g/mol. The van der Waals surface area contributed by atoms with Crippen LogP contribution in [0, 0.1) is 0 Å². The van der Waals surface area contributed by atoms with Crippen LogP contribution in [0.15, 0.2) is 4.42 Å². The van der Waals surface area contributed by atoms with Crippen LogP contribution in [0.1, 0.15) is 51.8 Å². The third-order valence-corrected chi connectivity index (χ3v) is 2.67. The summed E-state index contributed by atoms with van der Waals surface area (Å²) in [6, 6.07) is 0.833. The zero-order chi connectivity index (χ0) is 11.8. The largest absolute Gasteiger partial charge is 0.407 e. The summed E-state index contributed by atoms with van der Waals surface area (Å²) in [7, 11) is 0. The predicted octanol–water partition coefficient (Wildman–Crippen LogP) is 3.58. The van der Waals surface area contributed by atoms with Crippen LogP contribution in [-0.2, 0) is 5.88 Å². The Hall–Kier alpha value is -0.770. The molecule has 1 N–H and O–H groups in total. The second kappa shape index (κ2) is 7.49. The van der Waals surface area contributed by atoms with E-state index < -0.39 is 0 Å². The van der Waals surface area contributed by atoms with Crippen LogP contribution in [0.4, 0.5) is 6.01 Å². The number of nitrogens with zero attached hydrogens (tertiary/aromatic N) is 2. The lowest BCUT2D eigenvalue weighted by molar-refractivity contribution is 0.510. The maximum absolute atomic E-state index is 5.57. The Balaban J connectivity index is 2.20. The van der Waals surface area contributed by atoms with Gasteiger partial charge in [-0.05, 0) is 13.3 Å². The van der Waals surface area contributed by atoms with Gasteiger partial charge in [0.05, 0.1) is 0 Å². The summed E-state index contributed by atoms with van der Waals surface area (Å²) >= 11 is 5.57. The van der Waals surface area contributed by atoms with Crippen LogP contribution >= 0.6 is 11.6 Å². The van der Waals surface area contributed by atoms with Gasteiger partial charge in [0.15, 0.2) is 0 Å². The molecule has 0 aliphatic heterocycles. The summed E-state index contributed by atoms with van der Waals surface area (Å²) in [6.45, 7) is 4.34. The lowest BCUT2D eigenvalue weighted by atomic mass is 10.1. The van der Waals surface area contributed by atoms with Crippen molar-refractivity contribution in [1.29, 1.82) is 0 Å². The molecule has 1 aromatic rings. The fourth-order valence-electron chi connectivity index (χ4n) is 1.53. The van der Waals surface area contributed by atoms with Gasteiger partial charge in [0, 0.05) is 6.04 Å². The molecule has 0 saturated heterocycles. The van der Waals surface area contributed by atoms with Gasteiger partial charge in [0.1, 0.15) is 5.88 Å². The average Bonchev–Trinajstić information content (AvgIpc) is 2.72. The Kier molecular flexibility index (Phi) is 6.23. The van der Waals surface area contributed by atoms with E-state index in [1.54, 1.807) is 0 Å². The van der Waals surface area contributed by atoms with Crippen molar-refractivity contribution < 1.29 is 4.42 Å². The minimum atomic E-state index is 0.263. The van der Waals surface area contributed by atoms with E-state index >= 15 is 0 Å². The smallest absolute Gasteiger partial charge is 0.315 e. The summed E-state index contributed by atoms with van der Waals surface area (Å²) in [5.41, 5.74) is 0. The molecule has 0 aromatic carbocycles. The van der Waals surface area contributed by atoms with Gasteiger partial charge in [-0.2, -0.15) is 0 Å². The molecule has 1 unspecified atom stereocenters. The second-order valence-corrected chi connectivity index (χ2v) is 4.30. The number of halogens is 1. The number of rotatable bonds is 8. The van der Waals surface area contributed by atoms with E-state index in [-0.39, 0.29) is 5.88 Å². The van der Waals surface area contributed by atoms with Crippen molar-refractivity contribution in [2.24, 2.45) is 0 Å². The number of hydrogen-bond donors (Lipinski definition) is 1. The Morgan fingerprint density at radius 3 is 2.75 bits per heavy atom. The van der Waals surface area contributed by atoms with Crippen LogP contribution in [0.25, 0.3) is 0 Å². The summed E-state index contributed by atoms with van der Waals surface area (Å²) in [5, 5.41) is 10.8. The molecule has 1 aromatic heterocycles. The van der Waals surface area contributed by atoms with E-state index in [2.05, 4.69) is 29.4 Å². The normalized spacial score (nSPS) is 12.7. The first-order valence-corrected chi connectivity index (χ1v) is 6.44. The van der Waals surface area contributed by atoms with Crippen molar-refractivity contribution in [3.05, 3.63) is 5.89 Å². The van der Waals surface area contributed by atoms with Crippen molar-refractivity contribution in [2.45, 2.75) is 57.9 Å². The van der Waals surface area contributed by atoms with Crippen LogP contribution in [0.5, 0.6) is 0 Å². The van der Waals surface area contributed by atoms with E-state index in [0.717, 1.165) is 6.42 Å². The number of nitrogens with one attached hydrogen (secondary N) is 1. The molecule has 0 spiro atoms. The first-order valence-electron chi connectivity index (χ1n) is 5.91. The second-order valence-electron chi connectivity index (χ2n) is 4.03. The molecule has 0 aliphatic carbocycles. The van der Waals surface area contributed by atoms with Crippen molar-refractivity contribution in [2.75, 3.05) is 5.32 Å². The monoisotopic (exact) mass is 245 g/mol. The van der Waals surface area contributed by atoms with Crippen molar-refractivity contribution in [1.82, 2.24) is 10.2 Å². The standard InChI is InChI=1S/C11H20ClN3O/c1-3-4-5-6-7-9(2)13-11-15-14-10(8-12)16-11/h9H,3-8H2,1-2H3,(H,13,15). The highest BCUT2D eigenvalue weighted by atomic mass is 35.5. The van der Waals surface area contributed by atoms with Crippen LogP contribution < -0.4 is 5.32 Å². The first kappa shape index (κ1) is 13.3. The van der Waals surface area contributed by atoms with E-state index in [4.69, 9.17) is 16.0 Å². The van der Waals surface area contributed by atoms with Gasteiger partial charge in [0.2, 0.25) is 5.89 Å². The van der Waals surface area contributed by atoms with E-state index in [1.807, 2.05) is 0 Å².